The molecule has 6 rings (SSSR count). The van der Waals surface area contributed by atoms with Gasteiger partial charge in [0.1, 0.15) is 46.0 Å². The number of aromatic hydroxyl groups is 1. The number of rotatable bonds is 8. The summed E-state index contributed by atoms with van der Waals surface area (Å²) in [7, 11) is 3.20. The van der Waals surface area contributed by atoms with E-state index in [9.17, 15) is 14.7 Å². The number of carbonyl (C=O) groups is 1. The SMILES string of the molecule is COc1ccc(CCOc2ccc(C3CC(=O)Oc4cc(O)c5c(=O)c(-c6ccc(OC)cc6)coc5c43)cc2)cc1. The van der Waals surface area contributed by atoms with Crippen LogP contribution in [0.3, 0.4) is 0 Å². The van der Waals surface area contributed by atoms with E-state index >= 15 is 0 Å². The van der Waals surface area contributed by atoms with E-state index in [-0.39, 0.29) is 28.9 Å². The molecule has 5 aromatic rings. The molecule has 2 heterocycles. The first-order valence-corrected chi connectivity index (χ1v) is 13.5. The van der Waals surface area contributed by atoms with Gasteiger partial charge in [-0.2, -0.15) is 0 Å². The second kappa shape index (κ2) is 11.3. The molecule has 0 radical (unpaired) electrons. The number of carbonyl (C=O) groups excluding carboxylic acids is 1. The van der Waals surface area contributed by atoms with Gasteiger partial charge in [-0.3, -0.25) is 9.59 Å². The minimum atomic E-state index is -0.451. The fraction of sp³-hybridized carbons (Fsp3) is 0.176. The van der Waals surface area contributed by atoms with Gasteiger partial charge in [0, 0.05) is 24.0 Å². The highest BCUT2D eigenvalue weighted by Crippen LogP contribution is 2.45. The van der Waals surface area contributed by atoms with E-state index in [4.69, 9.17) is 23.4 Å². The summed E-state index contributed by atoms with van der Waals surface area (Å²) in [6.07, 6.45) is 2.16. The van der Waals surface area contributed by atoms with Crippen molar-refractivity contribution in [3.05, 3.63) is 112 Å². The quantitative estimate of drug-likeness (QED) is 0.174. The van der Waals surface area contributed by atoms with Crippen molar-refractivity contribution in [1.82, 2.24) is 0 Å². The Hall–Kier alpha value is -5.24. The Labute approximate surface area is 241 Å². The molecular formula is C34H28O8. The van der Waals surface area contributed by atoms with Crippen LogP contribution >= 0.6 is 0 Å². The summed E-state index contributed by atoms with van der Waals surface area (Å²) in [5.41, 5.74) is 3.20. The molecule has 1 unspecified atom stereocenters. The molecule has 1 aromatic heterocycles. The van der Waals surface area contributed by atoms with Gasteiger partial charge >= 0.3 is 5.97 Å². The van der Waals surface area contributed by atoms with Gasteiger partial charge < -0.3 is 28.5 Å². The smallest absolute Gasteiger partial charge is 0.312 e. The zero-order chi connectivity index (χ0) is 29.2. The summed E-state index contributed by atoms with van der Waals surface area (Å²) in [4.78, 5) is 26.2. The Bertz CT molecular complexity index is 1800. The lowest BCUT2D eigenvalue weighted by atomic mass is 9.85. The lowest BCUT2D eigenvalue weighted by Gasteiger charge is -2.26. The summed E-state index contributed by atoms with van der Waals surface area (Å²) in [5.74, 6) is 1.11. The van der Waals surface area contributed by atoms with E-state index in [2.05, 4.69) is 0 Å². The Balaban J connectivity index is 1.29. The van der Waals surface area contributed by atoms with Crippen LogP contribution in [0.25, 0.3) is 22.1 Å². The normalized spacial score (nSPS) is 14.2. The fourth-order valence-corrected chi connectivity index (χ4v) is 5.26. The van der Waals surface area contributed by atoms with Gasteiger partial charge in [0.05, 0.1) is 32.8 Å². The Morgan fingerprint density at radius 2 is 1.50 bits per heavy atom. The van der Waals surface area contributed by atoms with E-state index in [1.54, 1.807) is 38.5 Å². The first kappa shape index (κ1) is 27.0. The summed E-state index contributed by atoms with van der Waals surface area (Å²) in [6.45, 7) is 0.496. The van der Waals surface area contributed by atoms with Crippen LogP contribution in [0.1, 0.15) is 29.0 Å². The van der Waals surface area contributed by atoms with E-state index in [0.29, 0.717) is 34.8 Å². The third-order valence-corrected chi connectivity index (χ3v) is 7.47. The maximum absolute atomic E-state index is 13.6. The van der Waals surface area contributed by atoms with Crippen LogP contribution in [0.15, 0.2) is 94.3 Å². The lowest BCUT2D eigenvalue weighted by Crippen LogP contribution is -2.22. The highest BCUT2D eigenvalue weighted by Gasteiger charge is 2.33. The van der Waals surface area contributed by atoms with E-state index in [1.807, 2.05) is 48.5 Å². The van der Waals surface area contributed by atoms with Gasteiger partial charge in [-0.15, -0.1) is 0 Å². The average Bonchev–Trinajstić information content (AvgIpc) is 3.01. The van der Waals surface area contributed by atoms with Crippen molar-refractivity contribution in [3.8, 4) is 39.9 Å². The van der Waals surface area contributed by atoms with Gasteiger partial charge in [0.15, 0.2) is 0 Å². The Morgan fingerprint density at radius 3 is 2.17 bits per heavy atom. The molecule has 0 fully saturated rings. The van der Waals surface area contributed by atoms with Crippen LogP contribution < -0.4 is 24.4 Å². The summed E-state index contributed by atoms with van der Waals surface area (Å²) >= 11 is 0. The third-order valence-electron chi connectivity index (χ3n) is 7.47. The number of fused-ring (bicyclic) bond motifs is 3. The van der Waals surface area contributed by atoms with Crippen LogP contribution in [0.5, 0.6) is 28.7 Å². The predicted molar refractivity (Wildman–Crippen MR) is 157 cm³/mol. The highest BCUT2D eigenvalue weighted by atomic mass is 16.5. The molecule has 0 saturated heterocycles. The molecule has 0 amide bonds. The van der Waals surface area contributed by atoms with Crippen LogP contribution in [0.4, 0.5) is 0 Å². The molecule has 42 heavy (non-hydrogen) atoms. The first-order valence-electron chi connectivity index (χ1n) is 13.5. The van der Waals surface area contributed by atoms with Gasteiger partial charge in [-0.1, -0.05) is 36.4 Å². The number of phenolic OH excluding ortho intramolecular Hbond substituents is 1. The molecule has 4 aromatic carbocycles. The molecule has 0 spiro atoms. The first-order chi connectivity index (χ1) is 20.4. The molecule has 1 aliphatic rings. The van der Waals surface area contributed by atoms with Crippen molar-refractivity contribution < 1.29 is 33.3 Å². The second-order valence-electron chi connectivity index (χ2n) is 9.96. The topological polar surface area (TPSA) is 104 Å². The molecule has 0 bridgehead atoms. The van der Waals surface area contributed by atoms with E-state index in [0.717, 1.165) is 23.3 Å². The number of phenols is 1. The molecule has 8 nitrogen and oxygen atoms in total. The minimum Gasteiger partial charge on any atom is -0.507 e. The maximum atomic E-state index is 13.6. The standard InChI is InChI=1S/C34H28O8/c1-38-23-9-3-20(4-10-23)15-16-40-25-13-7-21(8-14-25)26-17-30(36)42-29-18-28(35)32-33(37)27(19-41-34(32)31(26)29)22-5-11-24(39-2)12-6-22/h3-14,18-19,26,35H,15-17H2,1-2H3. The molecule has 0 aliphatic carbocycles. The number of methoxy groups -OCH3 is 2. The van der Waals surface area contributed by atoms with Crippen LogP contribution in [-0.2, 0) is 11.2 Å². The van der Waals surface area contributed by atoms with Gasteiger partial charge in [-0.25, -0.2) is 0 Å². The number of ether oxygens (including phenoxy) is 4. The zero-order valence-electron chi connectivity index (χ0n) is 23.1. The average molecular weight is 565 g/mol. The molecular weight excluding hydrogens is 536 g/mol. The van der Waals surface area contributed by atoms with Crippen molar-refractivity contribution in [2.75, 3.05) is 20.8 Å². The van der Waals surface area contributed by atoms with Gasteiger partial charge in [0.25, 0.3) is 0 Å². The van der Waals surface area contributed by atoms with Crippen LogP contribution in [0.2, 0.25) is 0 Å². The Kier molecular flexibility index (Phi) is 7.27. The number of hydrogen-bond donors (Lipinski definition) is 1. The van der Waals surface area contributed by atoms with Crippen molar-refractivity contribution in [2.45, 2.75) is 18.8 Å². The third kappa shape index (κ3) is 5.14. The molecule has 1 aliphatic heterocycles. The second-order valence-corrected chi connectivity index (χ2v) is 9.96. The molecule has 212 valence electrons. The molecule has 1 atom stereocenters. The van der Waals surface area contributed by atoms with Crippen LogP contribution in [0, 0.1) is 0 Å². The highest BCUT2D eigenvalue weighted by molar-refractivity contribution is 5.94. The van der Waals surface area contributed by atoms with E-state index in [1.165, 1.54) is 12.3 Å². The van der Waals surface area contributed by atoms with Crippen molar-refractivity contribution >= 4 is 16.9 Å². The number of benzene rings is 4. The number of hydrogen-bond acceptors (Lipinski definition) is 8. The summed E-state index contributed by atoms with van der Waals surface area (Å²) < 4.78 is 27.9. The van der Waals surface area contributed by atoms with Gasteiger partial charge in [0.2, 0.25) is 5.43 Å². The summed E-state index contributed by atoms with van der Waals surface area (Å²) in [6, 6.07) is 23.6. The molecule has 8 heteroatoms. The van der Waals surface area contributed by atoms with Crippen molar-refractivity contribution in [1.29, 1.82) is 0 Å². The largest absolute Gasteiger partial charge is 0.507 e. The van der Waals surface area contributed by atoms with E-state index < -0.39 is 17.3 Å². The number of esters is 1. The predicted octanol–water partition coefficient (Wildman–Crippen LogP) is 6.25. The van der Waals surface area contributed by atoms with Crippen molar-refractivity contribution in [2.24, 2.45) is 0 Å². The fourth-order valence-electron chi connectivity index (χ4n) is 5.26. The zero-order valence-corrected chi connectivity index (χ0v) is 23.1. The van der Waals surface area contributed by atoms with Crippen LogP contribution in [-0.4, -0.2) is 31.9 Å². The maximum Gasteiger partial charge on any atom is 0.312 e. The Morgan fingerprint density at radius 1 is 0.857 bits per heavy atom. The van der Waals surface area contributed by atoms with Gasteiger partial charge in [-0.05, 0) is 53.1 Å². The molecule has 0 saturated carbocycles. The summed E-state index contributed by atoms with van der Waals surface area (Å²) in [5, 5.41) is 10.9. The lowest BCUT2D eigenvalue weighted by molar-refractivity contribution is -0.135. The monoisotopic (exact) mass is 564 g/mol. The van der Waals surface area contributed by atoms with Crippen molar-refractivity contribution in [3.63, 3.8) is 0 Å². The minimum absolute atomic E-state index is 0.0310. The molecule has 1 N–H and O–H groups in total.